The van der Waals surface area contributed by atoms with Crippen LogP contribution < -0.4 is 11.1 Å². The van der Waals surface area contributed by atoms with Crippen molar-refractivity contribution in [3.8, 4) is 0 Å². The Labute approximate surface area is 167 Å². The van der Waals surface area contributed by atoms with Gasteiger partial charge in [-0.2, -0.15) is 4.31 Å². The van der Waals surface area contributed by atoms with E-state index in [2.05, 4.69) is 17.1 Å². The van der Waals surface area contributed by atoms with E-state index in [0.717, 1.165) is 32.4 Å². The highest BCUT2D eigenvalue weighted by Gasteiger charge is 2.33. The van der Waals surface area contributed by atoms with Gasteiger partial charge in [0.1, 0.15) is 0 Å². The summed E-state index contributed by atoms with van der Waals surface area (Å²) < 4.78 is 26.8. The molecule has 0 spiro atoms. The van der Waals surface area contributed by atoms with Gasteiger partial charge in [0.05, 0.1) is 11.4 Å². The van der Waals surface area contributed by atoms with Gasteiger partial charge in [0.25, 0.3) is 0 Å². The summed E-state index contributed by atoms with van der Waals surface area (Å²) >= 11 is 0. The first-order chi connectivity index (χ1) is 12.3. The number of nitrogens with zero attached hydrogens (tertiary/aromatic N) is 2. The Morgan fingerprint density at radius 1 is 1.26 bits per heavy atom. The fourth-order valence-corrected chi connectivity index (χ4v) is 5.21. The predicted octanol–water partition coefficient (Wildman–Crippen LogP) is 1.50. The van der Waals surface area contributed by atoms with Crippen LogP contribution in [0.4, 0.5) is 5.69 Å². The molecule has 0 bridgehead atoms. The molecule has 1 aromatic rings. The maximum absolute atomic E-state index is 12.6. The highest BCUT2D eigenvalue weighted by Crippen LogP contribution is 2.28. The zero-order valence-electron chi connectivity index (χ0n) is 15.7. The molecule has 1 atom stereocenters. The Morgan fingerprint density at radius 2 is 1.96 bits per heavy atom. The number of anilines is 1. The minimum absolute atomic E-state index is 0. The molecule has 0 saturated carbocycles. The minimum Gasteiger partial charge on any atom is -0.330 e. The SMILES string of the molecule is CC1(CN)CCN(CC(=O)Nc2cccc(S(=O)(=O)N3CCCC3)c2)C1.Cl. The van der Waals surface area contributed by atoms with Crippen LogP contribution in [0.25, 0.3) is 0 Å². The molecule has 152 valence electrons. The molecule has 7 nitrogen and oxygen atoms in total. The van der Waals surface area contributed by atoms with Crippen LogP contribution >= 0.6 is 12.4 Å². The second kappa shape index (κ2) is 8.87. The molecule has 0 aliphatic carbocycles. The number of nitrogens with one attached hydrogen (secondary N) is 1. The standard InChI is InChI=1S/C18H28N4O3S.ClH/c1-18(13-19)7-10-21(14-18)12-17(23)20-15-5-4-6-16(11-15)26(24,25)22-8-2-3-9-22;/h4-6,11H,2-3,7-10,12-14,19H2,1H3,(H,20,23);1H. The Morgan fingerprint density at radius 3 is 2.59 bits per heavy atom. The molecule has 27 heavy (non-hydrogen) atoms. The maximum atomic E-state index is 12.6. The van der Waals surface area contributed by atoms with Gasteiger partial charge in [0, 0.05) is 25.3 Å². The van der Waals surface area contributed by atoms with Crippen molar-refractivity contribution >= 4 is 34.0 Å². The smallest absolute Gasteiger partial charge is 0.243 e. The zero-order chi connectivity index (χ0) is 18.8. The number of likely N-dealkylation sites (tertiary alicyclic amines) is 1. The van der Waals surface area contributed by atoms with Crippen LogP contribution in [0.2, 0.25) is 0 Å². The van der Waals surface area contributed by atoms with Crippen molar-refractivity contribution in [3.63, 3.8) is 0 Å². The van der Waals surface area contributed by atoms with Crippen LogP contribution in [0, 0.1) is 5.41 Å². The number of hydrogen-bond acceptors (Lipinski definition) is 5. The monoisotopic (exact) mass is 416 g/mol. The van der Waals surface area contributed by atoms with E-state index in [9.17, 15) is 13.2 Å². The minimum atomic E-state index is -3.48. The number of hydrogen-bond donors (Lipinski definition) is 2. The van der Waals surface area contributed by atoms with Gasteiger partial charge >= 0.3 is 0 Å². The molecule has 2 saturated heterocycles. The van der Waals surface area contributed by atoms with Crippen molar-refractivity contribution in [2.75, 3.05) is 44.6 Å². The fourth-order valence-electron chi connectivity index (χ4n) is 3.64. The van der Waals surface area contributed by atoms with E-state index in [1.54, 1.807) is 24.3 Å². The summed E-state index contributed by atoms with van der Waals surface area (Å²) in [5.74, 6) is -0.137. The first-order valence-electron chi connectivity index (χ1n) is 9.15. The summed E-state index contributed by atoms with van der Waals surface area (Å²) in [4.78, 5) is 14.7. The van der Waals surface area contributed by atoms with Gasteiger partial charge < -0.3 is 11.1 Å². The number of rotatable bonds is 6. The molecular formula is C18H29ClN4O3S. The molecule has 2 heterocycles. The molecule has 2 aliphatic rings. The first kappa shape index (κ1) is 22.1. The third-order valence-corrected chi connectivity index (χ3v) is 7.21. The number of sulfonamides is 1. The normalized spacial score (nSPS) is 23.9. The number of benzene rings is 1. The quantitative estimate of drug-likeness (QED) is 0.732. The largest absolute Gasteiger partial charge is 0.330 e. The molecular weight excluding hydrogens is 388 g/mol. The van der Waals surface area contributed by atoms with E-state index in [-0.39, 0.29) is 28.6 Å². The van der Waals surface area contributed by atoms with E-state index >= 15 is 0 Å². The van der Waals surface area contributed by atoms with Crippen molar-refractivity contribution < 1.29 is 13.2 Å². The Hall–Kier alpha value is -1.19. The Bertz CT molecular complexity index is 768. The Kier molecular flexibility index (Phi) is 7.27. The number of amides is 1. The molecule has 1 unspecified atom stereocenters. The first-order valence-corrected chi connectivity index (χ1v) is 10.6. The number of carbonyl (C=O) groups is 1. The molecule has 0 radical (unpaired) electrons. The van der Waals surface area contributed by atoms with Gasteiger partial charge in [-0.1, -0.05) is 13.0 Å². The summed E-state index contributed by atoms with van der Waals surface area (Å²) in [6.07, 6.45) is 2.78. The van der Waals surface area contributed by atoms with E-state index in [1.165, 1.54) is 4.31 Å². The van der Waals surface area contributed by atoms with Crippen LogP contribution in [0.15, 0.2) is 29.2 Å². The molecule has 3 rings (SSSR count). The number of nitrogens with two attached hydrogens (primary N) is 1. The van der Waals surface area contributed by atoms with Gasteiger partial charge in [-0.15, -0.1) is 12.4 Å². The third-order valence-electron chi connectivity index (χ3n) is 5.32. The second-order valence-corrected chi connectivity index (χ2v) is 9.60. The third kappa shape index (κ3) is 5.20. The highest BCUT2D eigenvalue weighted by atomic mass is 35.5. The van der Waals surface area contributed by atoms with Crippen molar-refractivity contribution in [1.29, 1.82) is 0 Å². The van der Waals surface area contributed by atoms with E-state index in [1.807, 2.05) is 0 Å². The van der Waals surface area contributed by atoms with Gasteiger partial charge in [-0.3, -0.25) is 9.69 Å². The maximum Gasteiger partial charge on any atom is 0.243 e. The number of carbonyl (C=O) groups excluding carboxylic acids is 1. The van der Waals surface area contributed by atoms with Crippen LogP contribution in [-0.2, 0) is 14.8 Å². The lowest BCUT2D eigenvalue weighted by Gasteiger charge is -2.22. The lowest BCUT2D eigenvalue weighted by Crippen LogP contribution is -2.35. The van der Waals surface area contributed by atoms with Crippen molar-refractivity contribution in [1.82, 2.24) is 9.21 Å². The molecule has 2 fully saturated rings. The molecule has 1 amide bonds. The van der Waals surface area contributed by atoms with Crippen molar-refractivity contribution in [2.24, 2.45) is 11.1 Å². The Balaban J connectivity index is 0.00000261. The fraction of sp³-hybridized carbons (Fsp3) is 0.611. The predicted molar refractivity (Wildman–Crippen MR) is 109 cm³/mol. The van der Waals surface area contributed by atoms with Crippen molar-refractivity contribution in [2.45, 2.75) is 31.1 Å². The van der Waals surface area contributed by atoms with Gasteiger partial charge in [0.15, 0.2) is 0 Å². The molecule has 0 aromatic heterocycles. The van der Waals surface area contributed by atoms with Crippen LogP contribution in [0.3, 0.4) is 0 Å². The second-order valence-electron chi connectivity index (χ2n) is 7.66. The van der Waals surface area contributed by atoms with Gasteiger partial charge in [0.2, 0.25) is 15.9 Å². The average molecular weight is 417 g/mol. The molecule has 1 aromatic carbocycles. The molecule has 9 heteroatoms. The molecule has 2 aliphatic heterocycles. The van der Waals surface area contributed by atoms with E-state index < -0.39 is 10.0 Å². The summed E-state index contributed by atoms with van der Waals surface area (Å²) in [6.45, 7) is 5.82. The molecule has 3 N–H and O–H groups in total. The van der Waals surface area contributed by atoms with Crippen LogP contribution in [0.1, 0.15) is 26.2 Å². The van der Waals surface area contributed by atoms with Gasteiger partial charge in [-0.05, 0) is 56.0 Å². The summed E-state index contributed by atoms with van der Waals surface area (Å²) in [5, 5.41) is 2.82. The van der Waals surface area contributed by atoms with Crippen LogP contribution in [-0.4, -0.2) is 62.8 Å². The topological polar surface area (TPSA) is 95.7 Å². The van der Waals surface area contributed by atoms with E-state index in [0.29, 0.717) is 31.9 Å². The zero-order valence-corrected chi connectivity index (χ0v) is 17.3. The van der Waals surface area contributed by atoms with Crippen LogP contribution in [0.5, 0.6) is 0 Å². The summed E-state index contributed by atoms with van der Waals surface area (Å²) in [5.41, 5.74) is 6.39. The summed E-state index contributed by atoms with van der Waals surface area (Å²) in [7, 11) is -3.48. The van der Waals surface area contributed by atoms with E-state index in [4.69, 9.17) is 5.73 Å². The number of halogens is 1. The summed E-state index contributed by atoms with van der Waals surface area (Å²) in [6, 6.07) is 6.50. The lowest BCUT2D eigenvalue weighted by molar-refractivity contribution is -0.117. The van der Waals surface area contributed by atoms with Gasteiger partial charge in [-0.25, -0.2) is 8.42 Å². The average Bonchev–Trinajstić information content (AvgIpc) is 3.26. The lowest BCUT2D eigenvalue weighted by atomic mass is 9.90. The van der Waals surface area contributed by atoms with Crippen molar-refractivity contribution in [3.05, 3.63) is 24.3 Å². The highest BCUT2D eigenvalue weighted by molar-refractivity contribution is 7.89.